The van der Waals surface area contributed by atoms with Crippen molar-refractivity contribution in [2.45, 2.75) is 51.0 Å². The Hall–Kier alpha value is -3.13. The predicted molar refractivity (Wildman–Crippen MR) is 131 cm³/mol. The number of hydrogen-bond acceptors (Lipinski definition) is 6. The van der Waals surface area contributed by atoms with Gasteiger partial charge in [0.15, 0.2) is 0 Å². The van der Waals surface area contributed by atoms with E-state index in [1.54, 1.807) is 4.90 Å². The summed E-state index contributed by atoms with van der Waals surface area (Å²) in [5.41, 5.74) is 9.99. The number of para-hydroxylation sites is 1. The molecule has 2 aromatic heterocycles. The molecule has 172 valence electrons. The second-order valence-electron chi connectivity index (χ2n) is 8.74. The smallest absolute Gasteiger partial charge is 0.350 e. The number of nitrogens with one attached hydrogen (secondary N) is 1. The van der Waals surface area contributed by atoms with E-state index in [1.807, 2.05) is 30.3 Å². The predicted octanol–water partition coefficient (Wildman–Crippen LogP) is 5.00. The Morgan fingerprint density at radius 1 is 1.09 bits per heavy atom. The number of fused-ring (bicyclic) bond motifs is 2. The van der Waals surface area contributed by atoms with Crippen LogP contribution in [0.25, 0.3) is 10.2 Å². The SMILES string of the molecule is Nc1c(C(=O)OC2CCN(C(=O)Nc3ccccc3)CC2)sc2nc3c(cc12)CCCCC3. The number of thiophene rings is 1. The summed E-state index contributed by atoms with van der Waals surface area (Å²) >= 11 is 1.32. The van der Waals surface area contributed by atoms with Crippen molar-refractivity contribution in [3.05, 3.63) is 52.5 Å². The summed E-state index contributed by atoms with van der Waals surface area (Å²) in [6.07, 6.45) is 6.53. The molecule has 1 aliphatic heterocycles. The highest BCUT2D eigenvalue weighted by molar-refractivity contribution is 7.21. The Morgan fingerprint density at radius 2 is 1.85 bits per heavy atom. The minimum Gasteiger partial charge on any atom is -0.458 e. The molecule has 5 rings (SSSR count). The van der Waals surface area contributed by atoms with Crippen LogP contribution in [0.2, 0.25) is 0 Å². The number of likely N-dealkylation sites (tertiary alicyclic amines) is 1. The standard InChI is InChI=1S/C25H28N4O3S/c26-21-19-15-16-7-3-1-6-10-20(16)28-23(19)33-22(21)24(30)32-18-11-13-29(14-12-18)25(31)27-17-8-4-2-5-9-17/h2,4-5,8-9,15,18H,1,3,6-7,10-14,26H2,(H,27,31). The maximum absolute atomic E-state index is 12.9. The minimum atomic E-state index is -0.391. The van der Waals surface area contributed by atoms with Crippen LogP contribution in [0, 0.1) is 0 Å². The highest BCUT2D eigenvalue weighted by Gasteiger charge is 2.28. The molecule has 7 nitrogen and oxygen atoms in total. The second kappa shape index (κ2) is 9.39. The molecule has 0 radical (unpaired) electrons. The van der Waals surface area contributed by atoms with Crippen LogP contribution in [-0.2, 0) is 17.6 Å². The number of ether oxygens (including phenoxy) is 1. The number of benzene rings is 1. The molecule has 0 atom stereocenters. The molecular weight excluding hydrogens is 436 g/mol. The third-order valence-corrected chi connectivity index (χ3v) is 7.56. The normalized spacial score (nSPS) is 16.8. The fourth-order valence-corrected chi connectivity index (χ4v) is 5.57. The number of anilines is 2. The van der Waals surface area contributed by atoms with Gasteiger partial charge in [0.05, 0.1) is 5.69 Å². The summed E-state index contributed by atoms with van der Waals surface area (Å²) in [5, 5.41) is 3.76. The summed E-state index contributed by atoms with van der Waals surface area (Å²) < 4.78 is 5.78. The third kappa shape index (κ3) is 4.66. The molecule has 3 heterocycles. The molecule has 0 saturated carbocycles. The molecule has 3 aromatic rings. The zero-order valence-electron chi connectivity index (χ0n) is 18.5. The van der Waals surface area contributed by atoms with Crippen LogP contribution in [0.1, 0.15) is 53.0 Å². The molecule has 1 aromatic carbocycles. The number of nitrogen functional groups attached to an aromatic ring is 1. The largest absolute Gasteiger partial charge is 0.458 e. The van der Waals surface area contributed by atoms with E-state index in [1.165, 1.54) is 29.7 Å². The van der Waals surface area contributed by atoms with Crippen LogP contribution in [0.5, 0.6) is 0 Å². The maximum atomic E-state index is 12.9. The van der Waals surface area contributed by atoms with Crippen molar-refractivity contribution in [1.82, 2.24) is 9.88 Å². The fourth-order valence-electron chi connectivity index (χ4n) is 4.59. The molecule has 0 unspecified atom stereocenters. The van der Waals surface area contributed by atoms with E-state index in [2.05, 4.69) is 11.4 Å². The number of pyridine rings is 1. The van der Waals surface area contributed by atoms with Gasteiger partial charge in [0.2, 0.25) is 0 Å². The third-order valence-electron chi connectivity index (χ3n) is 6.46. The Bertz CT molecular complexity index is 1170. The van der Waals surface area contributed by atoms with Crippen LogP contribution in [0.4, 0.5) is 16.2 Å². The van der Waals surface area contributed by atoms with Crippen LogP contribution in [-0.4, -0.2) is 41.1 Å². The number of aromatic nitrogens is 1. The lowest BCUT2D eigenvalue weighted by Gasteiger charge is -2.31. The number of nitrogens with zero attached hydrogens (tertiary/aromatic N) is 2. The molecule has 33 heavy (non-hydrogen) atoms. The van der Waals surface area contributed by atoms with Gasteiger partial charge in [0.1, 0.15) is 15.8 Å². The van der Waals surface area contributed by atoms with Gasteiger partial charge in [0.25, 0.3) is 0 Å². The number of aryl methyl sites for hydroxylation is 2. The maximum Gasteiger partial charge on any atom is 0.350 e. The highest BCUT2D eigenvalue weighted by atomic mass is 32.1. The monoisotopic (exact) mass is 464 g/mol. The van der Waals surface area contributed by atoms with Crippen molar-refractivity contribution >= 4 is 44.9 Å². The number of piperidine rings is 1. The van der Waals surface area contributed by atoms with E-state index in [0.29, 0.717) is 36.5 Å². The van der Waals surface area contributed by atoms with E-state index >= 15 is 0 Å². The van der Waals surface area contributed by atoms with Crippen molar-refractivity contribution in [2.24, 2.45) is 0 Å². The minimum absolute atomic E-state index is 0.134. The molecule has 1 fully saturated rings. The van der Waals surface area contributed by atoms with E-state index in [0.717, 1.165) is 40.9 Å². The van der Waals surface area contributed by atoms with Crippen LogP contribution < -0.4 is 11.1 Å². The van der Waals surface area contributed by atoms with Gasteiger partial charge in [-0.15, -0.1) is 11.3 Å². The van der Waals surface area contributed by atoms with E-state index in [-0.39, 0.29) is 12.1 Å². The number of hydrogen-bond donors (Lipinski definition) is 2. The number of urea groups is 1. The van der Waals surface area contributed by atoms with Crippen molar-refractivity contribution in [1.29, 1.82) is 0 Å². The molecule has 1 aliphatic carbocycles. The topological polar surface area (TPSA) is 97.6 Å². The number of esters is 1. The lowest BCUT2D eigenvalue weighted by molar-refractivity contribution is 0.0164. The Balaban J connectivity index is 1.21. The van der Waals surface area contributed by atoms with Crippen molar-refractivity contribution in [3.8, 4) is 0 Å². The van der Waals surface area contributed by atoms with Crippen LogP contribution in [0.3, 0.4) is 0 Å². The van der Waals surface area contributed by atoms with Gasteiger partial charge in [0, 0.05) is 42.7 Å². The van der Waals surface area contributed by atoms with E-state index in [4.69, 9.17) is 15.5 Å². The number of nitrogens with two attached hydrogens (primary N) is 1. The molecule has 0 spiro atoms. The summed E-state index contributed by atoms with van der Waals surface area (Å²) in [7, 11) is 0. The quantitative estimate of drug-likeness (QED) is 0.420. The number of amides is 2. The Labute approximate surface area is 196 Å². The molecule has 8 heteroatoms. The summed E-state index contributed by atoms with van der Waals surface area (Å²) in [6, 6.07) is 11.4. The van der Waals surface area contributed by atoms with Gasteiger partial charge in [-0.3, -0.25) is 0 Å². The number of rotatable bonds is 3. The van der Waals surface area contributed by atoms with Crippen molar-refractivity contribution in [2.75, 3.05) is 24.1 Å². The van der Waals surface area contributed by atoms with Gasteiger partial charge in [-0.2, -0.15) is 0 Å². The van der Waals surface area contributed by atoms with Gasteiger partial charge < -0.3 is 20.7 Å². The lowest BCUT2D eigenvalue weighted by Crippen LogP contribution is -2.43. The first kappa shape index (κ1) is 21.7. The van der Waals surface area contributed by atoms with Gasteiger partial charge in [-0.25, -0.2) is 14.6 Å². The first-order valence-electron chi connectivity index (χ1n) is 11.6. The van der Waals surface area contributed by atoms with E-state index in [9.17, 15) is 9.59 Å². The zero-order chi connectivity index (χ0) is 22.8. The summed E-state index contributed by atoms with van der Waals surface area (Å²) in [5.74, 6) is -0.391. The Kier molecular flexibility index (Phi) is 6.17. The average Bonchev–Trinajstić information content (AvgIpc) is 2.99. The van der Waals surface area contributed by atoms with Crippen LogP contribution in [0.15, 0.2) is 36.4 Å². The summed E-state index contributed by atoms with van der Waals surface area (Å²) in [6.45, 7) is 1.07. The fraction of sp³-hybridized carbons (Fsp3) is 0.400. The molecule has 3 N–H and O–H groups in total. The molecule has 1 saturated heterocycles. The van der Waals surface area contributed by atoms with Gasteiger partial charge in [-0.1, -0.05) is 24.6 Å². The molecule has 2 amide bonds. The van der Waals surface area contributed by atoms with Crippen molar-refractivity contribution < 1.29 is 14.3 Å². The molecule has 2 aliphatic rings. The van der Waals surface area contributed by atoms with Gasteiger partial charge in [-0.05, 0) is 49.4 Å². The summed E-state index contributed by atoms with van der Waals surface area (Å²) in [4.78, 5) is 33.2. The zero-order valence-corrected chi connectivity index (χ0v) is 19.3. The first-order chi connectivity index (χ1) is 16.1. The molecular formula is C25H28N4O3S. The Morgan fingerprint density at radius 3 is 2.64 bits per heavy atom. The lowest BCUT2D eigenvalue weighted by atomic mass is 10.1. The number of carbonyl (C=O) groups is 2. The first-order valence-corrected chi connectivity index (χ1v) is 12.4. The average molecular weight is 465 g/mol. The van der Waals surface area contributed by atoms with Gasteiger partial charge >= 0.3 is 12.0 Å². The molecule has 0 bridgehead atoms. The highest BCUT2D eigenvalue weighted by Crippen LogP contribution is 2.36. The van der Waals surface area contributed by atoms with Crippen molar-refractivity contribution in [3.63, 3.8) is 0 Å². The van der Waals surface area contributed by atoms with Crippen LogP contribution >= 0.6 is 11.3 Å². The number of carbonyl (C=O) groups excluding carboxylic acids is 2. The van der Waals surface area contributed by atoms with E-state index < -0.39 is 5.97 Å². The second-order valence-corrected chi connectivity index (χ2v) is 9.74.